The highest BCUT2D eigenvalue weighted by Gasteiger charge is 2.44. The summed E-state index contributed by atoms with van der Waals surface area (Å²) in [5.41, 5.74) is -0.633. The van der Waals surface area contributed by atoms with Gasteiger partial charge in [-0.05, 0) is 56.5 Å². The fourth-order valence-corrected chi connectivity index (χ4v) is 7.78. The molecule has 1 amide bonds. The Bertz CT molecular complexity index is 1940. The Hall–Kier alpha value is -5.33. The highest BCUT2D eigenvalue weighted by Crippen LogP contribution is 2.42. The number of nitrogens with one attached hydrogen (secondary N) is 1. The van der Waals surface area contributed by atoms with Crippen molar-refractivity contribution in [3.8, 4) is 29.9 Å². The smallest absolute Gasteiger partial charge is 0.433 e. The monoisotopic (exact) mass is 753 g/mol. The summed E-state index contributed by atoms with van der Waals surface area (Å²) in [7, 11) is 0. The van der Waals surface area contributed by atoms with Gasteiger partial charge in [-0.25, -0.2) is 13.8 Å². The van der Waals surface area contributed by atoms with Gasteiger partial charge >= 0.3 is 12.2 Å². The molecule has 1 unspecified atom stereocenters. The molecule has 2 saturated heterocycles. The van der Waals surface area contributed by atoms with Gasteiger partial charge in [0.2, 0.25) is 5.91 Å². The maximum Gasteiger partial charge on any atom is 0.433 e. The summed E-state index contributed by atoms with van der Waals surface area (Å²) in [6.45, 7) is 7.18. The molecule has 1 aromatic carbocycles. The molecule has 6 heterocycles. The number of hydrogen-bond acceptors (Lipinski definition) is 10. The number of rotatable bonds is 8. The molecule has 0 spiro atoms. The van der Waals surface area contributed by atoms with Crippen LogP contribution in [0.25, 0.3) is 0 Å². The van der Waals surface area contributed by atoms with E-state index in [0.29, 0.717) is 67.0 Å². The molecule has 0 bridgehead atoms. The van der Waals surface area contributed by atoms with Gasteiger partial charge in [-0.3, -0.25) is 4.79 Å². The van der Waals surface area contributed by atoms with Crippen molar-refractivity contribution in [2.75, 3.05) is 60.7 Å². The van der Waals surface area contributed by atoms with Gasteiger partial charge in [-0.2, -0.15) is 23.1 Å². The van der Waals surface area contributed by atoms with Crippen molar-refractivity contribution in [3.63, 3.8) is 0 Å². The molecule has 0 radical (unpaired) electrons. The Balaban J connectivity index is 1.21. The van der Waals surface area contributed by atoms with Gasteiger partial charge in [0.1, 0.15) is 43.3 Å². The number of ether oxygens (including phenoxy) is 3. The van der Waals surface area contributed by atoms with Crippen molar-refractivity contribution >= 4 is 23.1 Å². The number of terminal acetylenes is 1. The van der Waals surface area contributed by atoms with Gasteiger partial charge in [-0.1, -0.05) is 12.5 Å². The number of hydrogen-bond donors (Lipinski definition) is 1. The maximum atomic E-state index is 15.0. The number of halogens is 5. The van der Waals surface area contributed by atoms with Crippen LogP contribution in [0.5, 0.6) is 17.5 Å². The lowest BCUT2D eigenvalue weighted by Gasteiger charge is -2.40. The zero-order valence-electron chi connectivity index (χ0n) is 29.7. The minimum atomic E-state index is -4.61. The number of nitrogens with zero attached hydrogens (tertiary/aromatic N) is 6. The number of benzene rings is 1. The summed E-state index contributed by atoms with van der Waals surface area (Å²) in [5.74, 6) is 3.02. The van der Waals surface area contributed by atoms with Crippen LogP contribution >= 0.6 is 0 Å². The fraction of sp³-hybridized carbons (Fsp3) is 0.474. The van der Waals surface area contributed by atoms with Gasteiger partial charge in [0.25, 0.3) is 0 Å². The number of amides is 1. The second kappa shape index (κ2) is 14.8. The molecule has 3 aromatic rings. The van der Waals surface area contributed by atoms with Crippen molar-refractivity contribution in [1.29, 1.82) is 0 Å². The lowest BCUT2D eigenvalue weighted by molar-refractivity contribution is -0.141. The molecule has 54 heavy (non-hydrogen) atoms. The molecule has 4 atom stereocenters. The molecule has 0 aliphatic carbocycles. The van der Waals surface area contributed by atoms with Crippen LogP contribution in [-0.4, -0.2) is 90.7 Å². The van der Waals surface area contributed by atoms with Gasteiger partial charge in [0, 0.05) is 32.0 Å². The van der Waals surface area contributed by atoms with Crippen molar-refractivity contribution in [1.82, 2.24) is 20.3 Å². The number of pyridine rings is 1. The first-order valence-electron chi connectivity index (χ1n) is 17.8. The van der Waals surface area contributed by atoms with E-state index in [0.717, 1.165) is 31.5 Å². The minimum absolute atomic E-state index is 0.00399. The third kappa shape index (κ3) is 7.40. The summed E-state index contributed by atoms with van der Waals surface area (Å²) in [5, 5.41) is 2.99. The molecule has 16 heteroatoms. The molecule has 286 valence electrons. The average molecular weight is 754 g/mol. The van der Waals surface area contributed by atoms with Crippen LogP contribution in [0.1, 0.15) is 49.6 Å². The van der Waals surface area contributed by atoms with E-state index < -0.39 is 29.4 Å². The number of carbonyl (C=O) groups is 1. The Morgan fingerprint density at radius 2 is 2.02 bits per heavy atom. The highest BCUT2D eigenvalue weighted by molar-refractivity contribution is 5.87. The molecule has 0 saturated carbocycles. The minimum Gasteiger partial charge on any atom is -0.490 e. The maximum absolute atomic E-state index is 15.0. The second-order valence-electron chi connectivity index (χ2n) is 14.2. The van der Waals surface area contributed by atoms with E-state index >= 15 is 4.39 Å². The van der Waals surface area contributed by atoms with Crippen LogP contribution in [0.15, 0.2) is 43.1 Å². The number of fused-ring (bicyclic) bond motifs is 2. The normalized spacial score (nSPS) is 23.9. The lowest BCUT2D eigenvalue weighted by Crippen LogP contribution is -2.48. The summed E-state index contributed by atoms with van der Waals surface area (Å²) in [6.07, 6.45) is 4.99. The van der Waals surface area contributed by atoms with E-state index in [-0.39, 0.29) is 55.7 Å². The zero-order valence-corrected chi connectivity index (χ0v) is 29.7. The quantitative estimate of drug-likeness (QED) is 0.186. The van der Waals surface area contributed by atoms with Gasteiger partial charge < -0.3 is 34.2 Å². The average Bonchev–Trinajstić information content (AvgIpc) is 3.29. The molecule has 2 aromatic heterocycles. The third-order valence-electron chi connectivity index (χ3n) is 10.4. The Morgan fingerprint density at radius 1 is 1.19 bits per heavy atom. The SMILES string of the molecule is C#Cc1c(F)ccc2c1N([C@@H]1COc3c(nc(OC[C@]4(C)C[C@@H](F)CN4c4ccc(C(F)(F)F)nc4)nc3N3CCCCC(NC(=O)C=C)C3)C1)CCO2. The Kier molecular flexibility index (Phi) is 10.2. The first-order chi connectivity index (χ1) is 25.9. The van der Waals surface area contributed by atoms with E-state index in [4.69, 9.17) is 30.6 Å². The zero-order chi connectivity index (χ0) is 38.2. The molecular formula is C38H40F5N7O4. The molecular weight excluding hydrogens is 713 g/mol. The Labute approximate surface area is 309 Å². The number of aromatic nitrogens is 3. The summed E-state index contributed by atoms with van der Waals surface area (Å²) >= 11 is 0. The topological polar surface area (TPSA) is 105 Å². The largest absolute Gasteiger partial charge is 0.490 e. The van der Waals surface area contributed by atoms with Crippen LogP contribution in [0.4, 0.5) is 39.1 Å². The van der Waals surface area contributed by atoms with Gasteiger partial charge in [0.15, 0.2) is 11.6 Å². The van der Waals surface area contributed by atoms with Crippen LogP contribution < -0.4 is 34.2 Å². The summed E-state index contributed by atoms with van der Waals surface area (Å²) in [4.78, 5) is 31.1. The molecule has 4 aliphatic heterocycles. The van der Waals surface area contributed by atoms with Crippen molar-refractivity contribution < 1.29 is 41.0 Å². The highest BCUT2D eigenvalue weighted by atomic mass is 19.4. The lowest BCUT2D eigenvalue weighted by atomic mass is 9.99. The van der Waals surface area contributed by atoms with Crippen molar-refractivity contribution in [2.45, 2.75) is 69.0 Å². The predicted octanol–water partition coefficient (Wildman–Crippen LogP) is 5.26. The Morgan fingerprint density at radius 3 is 2.76 bits per heavy atom. The van der Waals surface area contributed by atoms with Crippen LogP contribution in [-0.2, 0) is 17.4 Å². The second-order valence-corrected chi connectivity index (χ2v) is 14.2. The van der Waals surface area contributed by atoms with Crippen LogP contribution in [0.3, 0.4) is 0 Å². The van der Waals surface area contributed by atoms with E-state index in [1.165, 1.54) is 18.2 Å². The summed E-state index contributed by atoms with van der Waals surface area (Å²) < 4.78 is 88.2. The van der Waals surface area contributed by atoms with Gasteiger partial charge in [0.05, 0.1) is 53.5 Å². The van der Waals surface area contributed by atoms with Crippen molar-refractivity contribution in [2.24, 2.45) is 0 Å². The first kappa shape index (κ1) is 37.0. The molecule has 1 N–H and O–H groups in total. The number of alkyl halides is 4. The molecule has 11 nitrogen and oxygen atoms in total. The van der Waals surface area contributed by atoms with E-state index in [9.17, 15) is 22.4 Å². The van der Waals surface area contributed by atoms with Gasteiger partial charge in [-0.15, -0.1) is 6.42 Å². The summed E-state index contributed by atoms with van der Waals surface area (Å²) in [6, 6.07) is 4.46. The molecule has 4 aliphatic rings. The number of carbonyl (C=O) groups excluding carboxylic acids is 1. The van der Waals surface area contributed by atoms with E-state index in [1.807, 2.05) is 9.80 Å². The van der Waals surface area contributed by atoms with Crippen molar-refractivity contribution in [3.05, 3.63) is 65.9 Å². The standard InChI is InChI=1S/C38H40F5N7O4/c1-4-27-28(40)10-11-30-33(27)49(14-15-52-30)26-16-29-34(53-21-26)35(48-13-7-6-8-24(20-48)45-32(51)5-2)47-36(46-29)54-22-37(3)17-23(39)19-50(37)25-9-12-31(44-18-25)38(41,42)43/h1,5,9-12,18,23-24,26H,2,6-8,13-17,19-22H2,3H3,(H,45,51)/t23-,24?,26+,37+/m1/s1. The molecule has 7 rings (SSSR count). The number of anilines is 3. The first-order valence-corrected chi connectivity index (χ1v) is 17.8. The molecule has 2 fully saturated rings. The third-order valence-corrected chi connectivity index (χ3v) is 10.4. The fourth-order valence-electron chi connectivity index (χ4n) is 7.78. The van der Waals surface area contributed by atoms with Crippen LogP contribution in [0.2, 0.25) is 0 Å². The van der Waals surface area contributed by atoms with E-state index in [1.54, 1.807) is 17.9 Å². The predicted molar refractivity (Wildman–Crippen MR) is 190 cm³/mol. The van der Waals surface area contributed by atoms with Crippen LogP contribution in [0, 0.1) is 18.2 Å². The van der Waals surface area contributed by atoms with E-state index in [2.05, 4.69) is 22.8 Å².